The lowest BCUT2D eigenvalue weighted by Crippen LogP contribution is -2.18. The van der Waals surface area contributed by atoms with Crippen LogP contribution in [0.3, 0.4) is 0 Å². The number of primary amides is 1. The van der Waals surface area contributed by atoms with Gasteiger partial charge in [-0.15, -0.1) is 0 Å². The first-order chi connectivity index (χ1) is 9.81. The van der Waals surface area contributed by atoms with Gasteiger partial charge in [0.25, 0.3) is 0 Å². The summed E-state index contributed by atoms with van der Waals surface area (Å²) < 4.78 is 25.8. The van der Waals surface area contributed by atoms with Gasteiger partial charge >= 0.3 is 5.97 Å². The summed E-state index contributed by atoms with van der Waals surface area (Å²) >= 11 is 0. The van der Waals surface area contributed by atoms with Gasteiger partial charge in [-0.1, -0.05) is 0 Å². The molecule has 0 spiro atoms. The molecule has 1 fully saturated rings. The van der Waals surface area contributed by atoms with Gasteiger partial charge in [-0.05, 0) is 36.5 Å². The topological polar surface area (TPSA) is 97.5 Å². The number of carboxylic acid groups (broad SMARTS) is 1. The van der Waals surface area contributed by atoms with E-state index >= 15 is 0 Å². The molecule has 0 bridgehead atoms. The number of rotatable bonds is 7. The number of halogens is 1. The van der Waals surface area contributed by atoms with Crippen LogP contribution in [0.4, 0.5) is 4.39 Å². The zero-order chi connectivity index (χ0) is 15.6. The third-order valence-corrected chi connectivity index (χ3v) is 5.16. The molecular weight excluding hydrogens is 297 g/mol. The van der Waals surface area contributed by atoms with Crippen LogP contribution in [-0.2, 0) is 21.3 Å². The highest BCUT2D eigenvalue weighted by Crippen LogP contribution is 2.49. The molecule has 3 N–H and O–H groups in total. The van der Waals surface area contributed by atoms with Crippen LogP contribution in [0.25, 0.3) is 0 Å². The molecule has 5 nitrogen and oxygen atoms in total. The van der Waals surface area contributed by atoms with Gasteiger partial charge in [0.2, 0.25) is 5.91 Å². The maximum absolute atomic E-state index is 13.7. The molecular formula is C14H16FNO4S. The first-order valence-corrected chi connectivity index (χ1v) is 7.95. The summed E-state index contributed by atoms with van der Waals surface area (Å²) in [6, 6.07) is 3.69. The molecule has 2 rings (SSSR count). The van der Waals surface area contributed by atoms with Crippen molar-refractivity contribution in [2.24, 2.45) is 11.1 Å². The minimum atomic E-state index is -1.38. The smallest absolute Gasteiger partial charge is 0.303 e. The van der Waals surface area contributed by atoms with E-state index in [1.807, 2.05) is 0 Å². The van der Waals surface area contributed by atoms with E-state index in [0.717, 1.165) is 18.9 Å². The molecule has 1 unspecified atom stereocenters. The van der Waals surface area contributed by atoms with Crippen molar-refractivity contribution in [3.05, 3.63) is 35.1 Å². The minimum absolute atomic E-state index is 0.0114. The molecule has 1 aromatic rings. The van der Waals surface area contributed by atoms with Crippen molar-refractivity contribution in [3.63, 3.8) is 0 Å². The van der Waals surface area contributed by atoms with E-state index in [1.54, 1.807) is 0 Å². The van der Waals surface area contributed by atoms with Crippen LogP contribution in [0.1, 0.15) is 35.2 Å². The molecule has 1 aliphatic rings. The quantitative estimate of drug-likeness (QED) is 0.795. The summed E-state index contributed by atoms with van der Waals surface area (Å²) in [5.74, 6) is -1.94. The van der Waals surface area contributed by atoms with E-state index in [0.29, 0.717) is 0 Å². The standard InChI is InChI=1S/C14H16FNO4S/c15-11-2-1-9(13(16)19)5-10(11)7-21(20)8-14(3-4-14)6-12(17)18/h1-2,5H,3-4,6-8H2,(H2,16,19)(H,17,18). The first kappa shape index (κ1) is 15.6. The largest absolute Gasteiger partial charge is 0.481 e. The van der Waals surface area contributed by atoms with Gasteiger partial charge in [-0.2, -0.15) is 0 Å². The van der Waals surface area contributed by atoms with Gasteiger partial charge in [0, 0.05) is 27.7 Å². The van der Waals surface area contributed by atoms with Gasteiger partial charge in [-0.3, -0.25) is 13.8 Å². The Balaban J connectivity index is 2.04. The normalized spacial score (nSPS) is 17.2. The van der Waals surface area contributed by atoms with Gasteiger partial charge in [0.05, 0.1) is 12.2 Å². The monoisotopic (exact) mass is 313 g/mol. The number of aliphatic carboxylic acids is 1. The lowest BCUT2D eigenvalue weighted by Gasteiger charge is -2.12. The van der Waals surface area contributed by atoms with Crippen molar-refractivity contribution >= 4 is 22.7 Å². The predicted octanol–water partition coefficient (Wildman–Crippen LogP) is 1.43. The number of benzene rings is 1. The number of amides is 1. The second kappa shape index (κ2) is 5.93. The summed E-state index contributed by atoms with van der Waals surface area (Å²) in [5.41, 5.74) is 5.04. The van der Waals surface area contributed by atoms with Crippen LogP contribution in [-0.4, -0.2) is 26.9 Å². The number of hydrogen-bond acceptors (Lipinski definition) is 3. The Bertz CT molecular complexity index is 613. The maximum Gasteiger partial charge on any atom is 0.303 e. The number of nitrogens with two attached hydrogens (primary N) is 1. The van der Waals surface area contributed by atoms with Crippen LogP contribution in [0.15, 0.2) is 18.2 Å². The molecule has 1 saturated carbocycles. The maximum atomic E-state index is 13.7. The molecule has 21 heavy (non-hydrogen) atoms. The molecule has 0 saturated heterocycles. The fourth-order valence-corrected chi connectivity index (χ4v) is 4.02. The third-order valence-electron chi connectivity index (χ3n) is 3.60. The van der Waals surface area contributed by atoms with Crippen molar-refractivity contribution in [3.8, 4) is 0 Å². The molecule has 0 aliphatic heterocycles. The van der Waals surface area contributed by atoms with Gasteiger partial charge in [0.1, 0.15) is 5.82 Å². The fourth-order valence-electron chi connectivity index (χ4n) is 2.27. The summed E-state index contributed by atoms with van der Waals surface area (Å²) in [6.45, 7) is 0. The third kappa shape index (κ3) is 4.10. The number of carbonyl (C=O) groups is 2. The molecule has 1 amide bonds. The lowest BCUT2D eigenvalue weighted by molar-refractivity contribution is -0.138. The van der Waals surface area contributed by atoms with E-state index < -0.39 is 33.9 Å². The van der Waals surface area contributed by atoms with E-state index in [4.69, 9.17) is 10.8 Å². The Kier molecular flexibility index (Phi) is 4.41. The SMILES string of the molecule is NC(=O)c1ccc(F)c(CS(=O)CC2(CC(=O)O)CC2)c1. The Morgan fingerprint density at radius 1 is 1.38 bits per heavy atom. The van der Waals surface area contributed by atoms with Gasteiger partial charge < -0.3 is 10.8 Å². The molecule has 1 atom stereocenters. The van der Waals surface area contributed by atoms with Crippen molar-refractivity contribution in [2.45, 2.75) is 25.0 Å². The molecule has 7 heteroatoms. The van der Waals surface area contributed by atoms with Crippen molar-refractivity contribution in [1.29, 1.82) is 0 Å². The van der Waals surface area contributed by atoms with Gasteiger partial charge in [0.15, 0.2) is 0 Å². The van der Waals surface area contributed by atoms with E-state index in [2.05, 4.69) is 0 Å². The second-order valence-corrected chi connectivity index (χ2v) is 6.93. The highest BCUT2D eigenvalue weighted by molar-refractivity contribution is 7.84. The first-order valence-electron chi connectivity index (χ1n) is 6.46. The zero-order valence-electron chi connectivity index (χ0n) is 11.3. The molecule has 0 radical (unpaired) electrons. The Morgan fingerprint density at radius 3 is 2.57 bits per heavy atom. The van der Waals surface area contributed by atoms with E-state index in [9.17, 15) is 18.2 Å². The van der Waals surface area contributed by atoms with Crippen molar-refractivity contribution < 1.29 is 23.3 Å². The summed E-state index contributed by atoms with van der Waals surface area (Å²) in [4.78, 5) is 21.8. The minimum Gasteiger partial charge on any atom is -0.481 e. The lowest BCUT2D eigenvalue weighted by atomic mass is 10.1. The average Bonchev–Trinajstić information content (AvgIpc) is 3.09. The number of hydrogen-bond donors (Lipinski definition) is 2. The van der Waals surface area contributed by atoms with Gasteiger partial charge in [-0.25, -0.2) is 4.39 Å². The van der Waals surface area contributed by atoms with Crippen LogP contribution in [0, 0.1) is 11.2 Å². The number of carboxylic acids is 1. The van der Waals surface area contributed by atoms with Crippen LogP contribution < -0.4 is 5.73 Å². The Labute approximate surface area is 123 Å². The summed E-state index contributed by atoms with van der Waals surface area (Å²) in [5, 5.41) is 8.82. The Hall–Kier alpha value is -1.76. The highest BCUT2D eigenvalue weighted by atomic mass is 32.2. The zero-order valence-corrected chi connectivity index (χ0v) is 12.1. The summed E-state index contributed by atoms with van der Waals surface area (Å²) in [6.07, 6.45) is 1.45. The second-order valence-electron chi connectivity index (χ2n) is 5.47. The van der Waals surface area contributed by atoms with E-state index in [1.165, 1.54) is 12.1 Å². The Morgan fingerprint density at radius 2 is 2.05 bits per heavy atom. The molecule has 1 aromatic carbocycles. The van der Waals surface area contributed by atoms with Crippen LogP contribution >= 0.6 is 0 Å². The molecule has 0 aromatic heterocycles. The molecule has 114 valence electrons. The molecule has 0 heterocycles. The van der Waals surface area contributed by atoms with E-state index in [-0.39, 0.29) is 29.1 Å². The number of carbonyl (C=O) groups excluding carboxylic acids is 1. The average molecular weight is 313 g/mol. The van der Waals surface area contributed by atoms with Crippen molar-refractivity contribution in [2.75, 3.05) is 5.75 Å². The van der Waals surface area contributed by atoms with Crippen LogP contribution in [0.5, 0.6) is 0 Å². The van der Waals surface area contributed by atoms with Crippen LogP contribution in [0.2, 0.25) is 0 Å². The van der Waals surface area contributed by atoms with Crippen molar-refractivity contribution in [1.82, 2.24) is 0 Å². The molecule has 1 aliphatic carbocycles. The predicted molar refractivity (Wildman–Crippen MR) is 75.6 cm³/mol. The highest BCUT2D eigenvalue weighted by Gasteiger charge is 2.45. The fraction of sp³-hybridized carbons (Fsp3) is 0.429. The summed E-state index contributed by atoms with van der Waals surface area (Å²) in [7, 11) is -1.38.